The Morgan fingerprint density at radius 3 is 1.39 bits per heavy atom. The van der Waals surface area contributed by atoms with Gasteiger partial charge in [-0.3, -0.25) is 9.59 Å². The Labute approximate surface area is 411 Å². The van der Waals surface area contributed by atoms with Gasteiger partial charge in [-0.25, -0.2) is 0 Å². The smallest absolute Gasteiger partial charge is 0.203 e. The molecule has 0 bridgehead atoms. The fourth-order valence-electron chi connectivity index (χ4n) is 7.31. The van der Waals surface area contributed by atoms with Crippen molar-refractivity contribution < 1.29 is 67.5 Å². The van der Waals surface area contributed by atoms with Crippen molar-refractivity contribution in [3.63, 3.8) is 0 Å². The monoisotopic (exact) mass is 966 g/mol. The molecule has 0 aliphatic heterocycles. The number of anilines is 2. The zero-order chi connectivity index (χ0) is 51.0. The number of ether oxygens (including phenoxy) is 9. The van der Waals surface area contributed by atoms with Crippen molar-refractivity contribution in [2.45, 2.75) is 6.61 Å². The van der Waals surface area contributed by atoms with Gasteiger partial charge in [-0.15, -0.1) is 0 Å². The second kappa shape index (κ2) is 24.2. The number of carbonyl (C=O) groups excluding carboxylic acids is 2. The van der Waals surface area contributed by atoms with Gasteiger partial charge in [0.05, 0.1) is 73.8 Å². The van der Waals surface area contributed by atoms with E-state index in [1.807, 2.05) is 0 Å². The highest BCUT2D eigenvalue weighted by Gasteiger charge is 2.19. The van der Waals surface area contributed by atoms with Crippen LogP contribution in [0.5, 0.6) is 69.0 Å². The molecule has 0 aromatic heterocycles. The van der Waals surface area contributed by atoms with Gasteiger partial charge in [0.2, 0.25) is 11.5 Å². The van der Waals surface area contributed by atoms with Crippen molar-refractivity contribution >= 4 is 47.2 Å². The van der Waals surface area contributed by atoms with Crippen LogP contribution in [0.25, 0.3) is 24.3 Å². The lowest BCUT2D eigenvalue weighted by molar-refractivity contribution is 0.103. The molecule has 0 atom stereocenters. The average molecular weight is 967 g/mol. The highest BCUT2D eigenvalue weighted by atomic mass is 16.5. The Kier molecular flexibility index (Phi) is 17.5. The van der Waals surface area contributed by atoms with Crippen molar-refractivity contribution in [3.05, 3.63) is 154 Å². The maximum Gasteiger partial charge on any atom is 0.203 e. The predicted molar refractivity (Wildman–Crippen MR) is 272 cm³/mol. The van der Waals surface area contributed by atoms with Crippen molar-refractivity contribution in [2.75, 3.05) is 67.5 Å². The molecule has 0 saturated heterocycles. The number of allylic oxidation sites excluding steroid dienone is 2. The van der Waals surface area contributed by atoms with Crippen molar-refractivity contribution in [3.8, 4) is 69.0 Å². The molecule has 0 fully saturated rings. The number of hydrogen-bond donors (Lipinski definition) is 5. The van der Waals surface area contributed by atoms with Crippen LogP contribution in [-0.4, -0.2) is 83.8 Å². The van der Waals surface area contributed by atoms with Crippen molar-refractivity contribution in [2.24, 2.45) is 0 Å². The van der Waals surface area contributed by atoms with Gasteiger partial charge in [-0.2, -0.15) is 0 Å². The van der Waals surface area contributed by atoms with Crippen LogP contribution in [0.4, 0.5) is 11.4 Å². The summed E-state index contributed by atoms with van der Waals surface area (Å²) in [6, 6.07) is 24.7. The first-order valence-corrected chi connectivity index (χ1v) is 21.7. The number of hydrogen-bond acceptors (Lipinski definition) is 16. The SMILES string of the molecule is COc1ccc(/C=C\c2cc(OC)c(OC)c(OC)c2)c(N/C=C\C(=O)c2cccc(COc3cc(/C=C\c4ccc(OC)c(O)c4N/C=C\C(=O)c4ccc(O)cc4)cc(OC)c3OC)c2OC)c1O. The van der Waals surface area contributed by atoms with E-state index in [0.29, 0.717) is 62.3 Å². The van der Waals surface area contributed by atoms with Gasteiger partial charge in [0, 0.05) is 46.8 Å². The Morgan fingerprint density at radius 1 is 0.479 bits per heavy atom. The van der Waals surface area contributed by atoms with E-state index in [4.69, 9.17) is 42.6 Å². The number of phenols is 3. The number of para-hydroxylation sites is 1. The molecule has 16 nitrogen and oxygen atoms in total. The fraction of sp³-hybridized carbons (Fsp3) is 0.164. The summed E-state index contributed by atoms with van der Waals surface area (Å²) in [6.07, 6.45) is 12.5. The fourth-order valence-corrected chi connectivity index (χ4v) is 7.31. The largest absolute Gasteiger partial charge is 0.508 e. The van der Waals surface area contributed by atoms with E-state index < -0.39 is 5.78 Å². The standard InChI is InChI=1S/C55H54N2O14/c1-63-43-23-19-37(49(51(43)61)56-26-24-41(59)35-16-20-39(58)21-17-35)15-13-34-30-47(67-5)55(70-8)48(31-34)71-32-38-10-9-11-40(53(38)68-6)42(60)25-27-57-50-36(18-22-44(64-2)52(50)62)14-12-33-28-45(65-3)54(69-7)46(29-33)66-4/h9-31,56-58,61-62H,32H2,1-8H3/b14-12-,15-13-,26-24-,27-25-. The molecule has 71 heavy (non-hydrogen) atoms. The second-order valence-corrected chi connectivity index (χ2v) is 15.1. The molecule has 6 aromatic carbocycles. The predicted octanol–water partition coefficient (Wildman–Crippen LogP) is 10.4. The Balaban J connectivity index is 1.22. The van der Waals surface area contributed by atoms with Crippen LogP contribution in [0.15, 0.2) is 116 Å². The molecule has 0 radical (unpaired) electrons. The summed E-state index contributed by atoms with van der Waals surface area (Å²) in [5.74, 6) is 2.05. The van der Waals surface area contributed by atoms with Crippen LogP contribution in [0.3, 0.4) is 0 Å². The van der Waals surface area contributed by atoms with Gasteiger partial charge in [0.25, 0.3) is 0 Å². The summed E-state index contributed by atoms with van der Waals surface area (Å²) in [5, 5.41) is 37.9. The summed E-state index contributed by atoms with van der Waals surface area (Å²) >= 11 is 0. The molecule has 0 amide bonds. The van der Waals surface area contributed by atoms with Crippen LogP contribution in [0.1, 0.15) is 48.5 Å². The first kappa shape index (κ1) is 51.2. The van der Waals surface area contributed by atoms with Gasteiger partial charge in [-0.1, -0.05) is 36.4 Å². The number of ketones is 2. The number of methoxy groups -OCH3 is 8. The minimum Gasteiger partial charge on any atom is -0.508 e. The quantitative estimate of drug-likeness (QED) is 0.0175. The lowest BCUT2D eigenvalue weighted by Crippen LogP contribution is -2.06. The molecule has 0 saturated carbocycles. The zero-order valence-corrected chi connectivity index (χ0v) is 40.3. The maximum absolute atomic E-state index is 13.8. The molecule has 0 aliphatic carbocycles. The maximum atomic E-state index is 13.8. The third kappa shape index (κ3) is 12.1. The Morgan fingerprint density at radius 2 is 0.930 bits per heavy atom. The van der Waals surface area contributed by atoms with E-state index in [1.54, 1.807) is 91.0 Å². The summed E-state index contributed by atoms with van der Waals surface area (Å²) in [7, 11) is 11.9. The summed E-state index contributed by atoms with van der Waals surface area (Å²) in [4.78, 5) is 26.5. The average Bonchev–Trinajstić information content (AvgIpc) is 3.39. The molecule has 0 spiro atoms. The first-order valence-electron chi connectivity index (χ1n) is 21.7. The highest BCUT2D eigenvalue weighted by molar-refractivity contribution is 6.07. The molecule has 0 unspecified atom stereocenters. The van der Waals surface area contributed by atoms with E-state index in [0.717, 1.165) is 5.56 Å². The molecule has 0 aliphatic rings. The molecule has 6 rings (SSSR count). The molecule has 368 valence electrons. The highest BCUT2D eigenvalue weighted by Crippen LogP contribution is 2.43. The normalized spacial score (nSPS) is 11.2. The molecule has 5 N–H and O–H groups in total. The third-order valence-corrected chi connectivity index (χ3v) is 10.9. The second-order valence-electron chi connectivity index (χ2n) is 15.1. The van der Waals surface area contributed by atoms with Gasteiger partial charge in [0.15, 0.2) is 57.6 Å². The molecule has 0 heterocycles. The van der Waals surface area contributed by atoms with Crippen LogP contribution in [-0.2, 0) is 6.61 Å². The van der Waals surface area contributed by atoms with Crippen LogP contribution in [0.2, 0.25) is 0 Å². The van der Waals surface area contributed by atoms with Crippen LogP contribution < -0.4 is 53.3 Å². The van der Waals surface area contributed by atoms with Gasteiger partial charge in [0.1, 0.15) is 18.1 Å². The number of carbonyl (C=O) groups is 2. The van der Waals surface area contributed by atoms with Gasteiger partial charge in [-0.05, 0) is 90.0 Å². The summed E-state index contributed by atoms with van der Waals surface area (Å²) in [5.41, 5.74) is 4.19. The van der Waals surface area contributed by atoms with Gasteiger partial charge >= 0.3 is 0 Å². The molecule has 16 heteroatoms. The topological polar surface area (TPSA) is 202 Å². The number of phenolic OH excluding ortho intramolecular Hbond substituents is 3. The summed E-state index contributed by atoms with van der Waals surface area (Å²) < 4.78 is 50.6. The number of aromatic hydroxyl groups is 3. The Hall–Kier alpha value is -9.18. The first-order chi connectivity index (χ1) is 34.4. The van der Waals surface area contributed by atoms with Crippen molar-refractivity contribution in [1.29, 1.82) is 0 Å². The van der Waals surface area contributed by atoms with Gasteiger partial charge < -0.3 is 68.6 Å². The van der Waals surface area contributed by atoms with E-state index in [2.05, 4.69) is 10.6 Å². The molecular weight excluding hydrogens is 913 g/mol. The number of benzene rings is 6. The number of rotatable bonds is 23. The minimum absolute atomic E-state index is 0.0400. The number of nitrogens with one attached hydrogen (secondary N) is 2. The minimum atomic E-state index is -0.405. The third-order valence-electron chi connectivity index (χ3n) is 10.9. The summed E-state index contributed by atoms with van der Waals surface area (Å²) in [6.45, 7) is -0.0477. The van der Waals surface area contributed by atoms with E-state index in [9.17, 15) is 24.9 Å². The van der Waals surface area contributed by atoms with E-state index in [-0.39, 0.29) is 63.8 Å². The zero-order valence-electron chi connectivity index (χ0n) is 40.3. The van der Waals surface area contributed by atoms with E-state index in [1.165, 1.54) is 106 Å². The lowest BCUT2D eigenvalue weighted by Gasteiger charge is -2.17. The Bertz CT molecular complexity index is 2970. The van der Waals surface area contributed by atoms with E-state index >= 15 is 0 Å². The van der Waals surface area contributed by atoms with Crippen LogP contribution >= 0.6 is 0 Å². The van der Waals surface area contributed by atoms with Crippen molar-refractivity contribution in [1.82, 2.24) is 0 Å². The lowest BCUT2D eigenvalue weighted by atomic mass is 10.0. The molecule has 6 aromatic rings. The van der Waals surface area contributed by atoms with Crippen LogP contribution in [0, 0.1) is 0 Å². The molecular formula is C55H54N2O14.